The molecule has 0 N–H and O–H groups in total. The molecular weight excluding hydrogens is 478 g/mol. The summed E-state index contributed by atoms with van der Waals surface area (Å²) in [6.45, 7) is 13.4. The van der Waals surface area contributed by atoms with E-state index in [1.54, 1.807) is 0 Å². The zero-order valence-corrected chi connectivity index (χ0v) is 23.4. The van der Waals surface area contributed by atoms with E-state index in [0.29, 0.717) is 17.5 Å². The van der Waals surface area contributed by atoms with Crippen LogP contribution in [0.1, 0.15) is 52.7 Å². The lowest BCUT2D eigenvalue weighted by atomic mass is 9.82. The van der Waals surface area contributed by atoms with Crippen molar-refractivity contribution in [3.8, 4) is 34.2 Å². The van der Waals surface area contributed by atoms with Gasteiger partial charge in [-0.05, 0) is 40.7 Å². The minimum Gasteiger partial charge on any atom is -0.456 e. The minimum absolute atomic E-state index is 0.0527. The summed E-state index contributed by atoms with van der Waals surface area (Å²) in [6.07, 6.45) is 0. The van der Waals surface area contributed by atoms with E-state index in [2.05, 4.69) is 71.9 Å². The highest BCUT2D eigenvalue weighted by Crippen LogP contribution is 2.42. The Labute approximate surface area is 229 Å². The van der Waals surface area contributed by atoms with Crippen molar-refractivity contribution in [3.05, 3.63) is 102 Å². The number of aromatic nitrogens is 3. The van der Waals surface area contributed by atoms with Crippen LogP contribution < -0.4 is 0 Å². The molecule has 0 unspecified atom stereocenters. The molecule has 0 saturated carbocycles. The Kier molecular flexibility index (Phi) is 5.87. The predicted octanol–water partition coefficient (Wildman–Crippen LogP) is 9.37. The van der Waals surface area contributed by atoms with Crippen LogP contribution in [0.2, 0.25) is 0 Å². The van der Waals surface area contributed by atoms with Crippen LogP contribution in [0, 0.1) is 0 Å². The maximum atomic E-state index is 6.60. The van der Waals surface area contributed by atoms with Gasteiger partial charge in [0.2, 0.25) is 0 Å². The van der Waals surface area contributed by atoms with Gasteiger partial charge in [0.1, 0.15) is 11.2 Å². The second kappa shape index (κ2) is 9.16. The monoisotopic (exact) mass is 511 g/mol. The second-order valence-electron chi connectivity index (χ2n) is 12.2. The van der Waals surface area contributed by atoms with Gasteiger partial charge in [-0.1, -0.05) is 108 Å². The van der Waals surface area contributed by atoms with Gasteiger partial charge in [0.15, 0.2) is 17.5 Å². The van der Waals surface area contributed by atoms with E-state index in [-0.39, 0.29) is 10.8 Å². The smallest absolute Gasteiger partial charge is 0.164 e. The molecule has 4 nitrogen and oxygen atoms in total. The fraction of sp³-hybridized carbons (Fsp3) is 0.229. The van der Waals surface area contributed by atoms with Crippen LogP contribution in [-0.2, 0) is 10.8 Å². The summed E-state index contributed by atoms with van der Waals surface area (Å²) in [5.41, 5.74) is 6.87. The highest BCUT2D eigenvalue weighted by molar-refractivity contribution is 6.08. The fourth-order valence-electron chi connectivity index (χ4n) is 5.17. The number of nitrogens with zero attached hydrogens (tertiary/aromatic N) is 3. The molecule has 0 amide bonds. The summed E-state index contributed by atoms with van der Waals surface area (Å²) in [5, 5.41) is 2.26. The lowest BCUT2D eigenvalue weighted by Gasteiger charge is -2.23. The molecule has 0 aliphatic rings. The molecule has 6 aromatic rings. The fourth-order valence-corrected chi connectivity index (χ4v) is 5.17. The third kappa shape index (κ3) is 4.61. The van der Waals surface area contributed by atoms with Crippen LogP contribution in [0.5, 0.6) is 0 Å². The Morgan fingerprint density at radius 1 is 0.538 bits per heavy atom. The van der Waals surface area contributed by atoms with Gasteiger partial charge in [0, 0.05) is 33.0 Å². The maximum absolute atomic E-state index is 6.60. The van der Waals surface area contributed by atoms with E-state index < -0.39 is 0 Å². The predicted molar refractivity (Wildman–Crippen MR) is 161 cm³/mol. The third-order valence-corrected chi connectivity index (χ3v) is 7.20. The molecule has 0 fully saturated rings. The van der Waals surface area contributed by atoms with Gasteiger partial charge in [0.05, 0.1) is 0 Å². The molecule has 4 heteroatoms. The molecule has 0 atom stereocenters. The Bertz CT molecular complexity index is 1750. The Morgan fingerprint density at radius 2 is 1.10 bits per heavy atom. The lowest BCUT2D eigenvalue weighted by Crippen LogP contribution is -2.14. The first-order valence-electron chi connectivity index (χ1n) is 13.5. The van der Waals surface area contributed by atoms with E-state index in [1.165, 1.54) is 5.56 Å². The van der Waals surface area contributed by atoms with Crippen LogP contribution >= 0.6 is 0 Å². The summed E-state index contributed by atoms with van der Waals surface area (Å²) in [7, 11) is 0. The molecule has 0 saturated heterocycles. The molecule has 6 rings (SSSR count). The molecular formula is C35H33N3O. The van der Waals surface area contributed by atoms with Crippen molar-refractivity contribution in [1.29, 1.82) is 0 Å². The second-order valence-corrected chi connectivity index (χ2v) is 12.2. The molecule has 39 heavy (non-hydrogen) atoms. The van der Waals surface area contributed by atoms with E-state index in [1.807, 2.05) is 60.7 Å². The molecule has 0 radical (unpaired) electrons. The average Bonchev–Trinajstić information content (AvgIpc) is 3.30. The van der Waals surface area contributed by atoms with Crippen molar-refractivity contribution in [2.24, 2.45) is 0 Å². The van der Waals surface area contributed by atoms with E-state index in [0.717, 1.165) is 44.2 Å². The van der Waals surface area contributed by atoms with Crippen molar-refractivity contribution < 1.29 is 4.42 Å². The van der Waals surface area contributed by atoms with E-state index >= 15 is 0 Å². The molecule has 194 valence electrons. The van der Waals surface area contributed by atoms with Crippen molar-refractivity contribution in [2.45, 2.75) is 52.4 Å². The summed E-state index contributed by atoms with van der Waals surface area (Å²) >= 11 is 0. The number of furan rings is 1. The zero-order valence-electron chi connectivity index (χ0n) is 23.4. The van der Waals surface area contributed by atoms with Gasteiger partial charge in [-0.15, -0.1) is 0 Å². The van der Waals surface area contributed by atoms with Crippen LogP contribution in [0.25, 0.3) is 56.1 Å². The third-order valence-electron chi connectivity index (χ3n) is 7.20. The molecule has 4 aromatic carbocycles. The molecule has 2 aromatic heterocycles. The quantitative estimate of drug-likeness (QED) is 0.237. The van der Waals surface area contributed by atoms with E-state index in [9.17, 15) is 0 Å². The highest BCUT2D eigenvalue weighted by Gasteiger charge is 2.28. The maximum Gasteiger partial charge on any atom is 0.164 e. The lowest BCUT2D eigenvalue weighted by molar-refractivity contribution is 0.573. The van der Waals surface area contributed by atoms with Gasteiger partial charge in [-0.3, -0.25) is 0 Å². The molecule has 0 aliphatic heterocycles. The van der Waals surface area contributed by atoms with Crippen LogP contribution in [0.3, 0.4) is 0 Å². The number of hydrogen-bond donors (Lipinski definition) is 0. The number of rotatable bonds is 3. The van der Waals surface area contributed by atoms with Gasteiger partial charge in [-0.2, -0.15) is 0 Å². The topological polar surface area (TPSA) is 51.8 Å². The van der Waals surface area contributed by atoms with Crippen LogP contribution in [0.4, 0.5) is 0 Å². The Hall–Kier alpha value is -4.31. The summed E-state index contributed by atoms with van der Waals surface area (Å²) in [4.78, 5) is 14.9. The summed E-state index contributed by atoms with van der Waals surface area (Å²) < 4.78 is 6.60. The Balaban J connectivity index is 1.64. The van der Waals surface area contributed by atoms with Crippen LogP contribution in [0.15, 0.2) is 95.4 Å². The number of benzene rings is 4. The number of hydrogen-bond acceptors (Lipinski definition) is 4. The summed E-state index contributed by atoms with van der Waals surface area (Å²) in [5.74, 6) is 1.95. The normalized spacial score (nSPS) is 12.4. The summed E-state index contributed by atoms with van der Waals surface area (Å²) in [6, 6.07) is 31.0. The van der Waals surface area contributed by atoms with Crippen molar-refractivity contribution in [1.82, 2.24) is 15.0 Å². The van der Waals surface area contributed by atoms with Crippen molar-refractivity contribution >= 4 is 21.9 Å². The van der Waals surface area contributed by atoms with Crippen LogP contribution in [-0.4, -0.2) is 15.0 Å². The zero-order chi connectivity index (χ0) is 27.4. The molecule has 0 bridgehead atoms. The van der Waals surface area contributed by atoms with Crippen molar-refractivity contribution in [3.63, 3.8) is 0 Å². The molecule has 0 spiro atoms. The molecule has 0 aliphatic carbocycles. The first-order valence-corrected chi connectivity index (χ1v) is 13.5. The van der Waals surface area contributed by atoms with Crippen molar-refractivity contribution in [2.75, 3.05) is 0 Å². The Morgan fingerprint density at radius 3 is 1.64 bits per heavy atom. The molecule has 2 heterocycles. The van der Waals surface area contributed by atoms with Gasteiger partial charge < -0.3 is 4.42 Å². The largest absolute Gasteiger partial charge is 0.456 e. The van der Waals surface area contributed by atoms with Gasteiger partial charge in [0.25, 0.3) is 0 Å². The van der Waals surface area contributed by atoms with Gasteiger partial charge >= 0.3 is 0 Å². The first-order chi connectivity index (χ1) is 18.6. The first kappa shape index (κ1) is 25.0. The minimum atomic E-state index is -0.220. The number of fused-ring (bicyclic) bond motifs is 3. The SMILES string of the molecule is CC(C)(C)c1ccc2oc3c(C(C)(C)C)c(-c4nc(-c5ccccc5)nc(-c5ccccc5)n4)ccc3c2c1. The highest BCUT2D eigenvalue weighted by atomic mass is 16.3. The standard InChI is InChI=1S/C35H33N3O/c1-34(2,3)24-17-20-28-27(21-24)25-18-19-26(29(30(25)39-28)35(4,5)6)33-37-31(22-13-9-7-10-14-22)36-32(38-33)23-15-11-8-12-16-23/h7-21H,1-6H3. The van der Waals surface area contributed by atoms with Gasteiger partial charge in [-0.25, -0.2) is 15.0 Å². The van der Waals surface area contributed by atoms with E-state index in [4.69, 9.17) is 19.4 Å². The average molecular weight is 512 g/mol.